The number of hydrogen-bond acceptors (Lipinski definition) is 2. The molecule has 0 saturated heterocycles. The van der Waals surface area contributed by atoms with E-state index in [1.807, 2.05) is 18.2 Å². The molecular weight excluding hydrogens is 232 g/mol. The quantitative estimate of drug-likeness (QED) is 0.861. The number of nitrogens with one attached hydrogen (secondary N) is 1. The molecule has 1 aromatic heterocycles. The molecule has 2 rings (SSSR count). The number of para-hydroxylation sites is 1. The minimum absolute atomic E-state index is 0.232. The van der Waals surface area contributed by atoms with Crippen molar-refractivity contribution in [3.63, 3.8) is 0 Å². The second-order valence-corrected chi connectivity index (χ2v) is 3.74. The van der Waals surface area contributed by atoms with Gasteiger partial charge in [0.1, 0.15) is 12.2 Å². The zero-order valence-corrected chi connectivity index (χ0v) is 9.54. The van der Waals surface area contributed by atoms with Gasteiger partial charge in [-0.15, -0.1) is 0 Å². The third-order valence-corrected chi connectivity index (χ3v) is 2.40. The summed E-state index contributed by atoms with van der Waals surface area (Å²) < 4.78 is 1.39. The number of carbonyl (C=O) groups excluding carboxylic acids is 1. The fourth-order valence-corrected chi connectivity index (χ4v) is 1.62. The van der Waals surface area contributed by atoms with E-state index < -0.39 is 5.97 Å². The van der Waals surface area contributed by atoms with E-state index in [9.17, 15) is 9.59 Å². The van der Waals surface area contributed by atoms with Crippen LogP contribution in [0.25, 0.3) is 0 Å². The van der Waals surface area contributed by atoms with E-state index >= 15 is 0 Å². The number of anilines is 1. The van der Waals surface area contributed by atoms with E-state index in [0.29, 0.717) is 11.4 Å². The van der Waals surface area contributed by atoms with Crippen molar-refractivity contribution >= 4 is 17.6 Å². The summed E-state index contributed by atoms with van der Waals surface area (Å²) in [5.41, 5.74) is 0.992. The lowest BCUT2D eigenvalue weighted by molar-refractivity contribution is -0.137. The number of aromatic nitrogens is 1. The minimum atomic E-state index is -0.986. The van der Waals surface area contributed by atoms with Gasteiger partial charge in [-0.2, -0.15) is 0 Å². The Morgan fingerprint density at radius 1 is 1.11 bits per heavy atom. The SMILES string of the molecule is O=C(O)Cn1cccc1C(=O)Nc1ccccc1. The third kappa shape index (κ3) is 2.76. The van der Waals surface area contributed by atoms with Crippen LogP contribution in [0.5, 0.6) is 0 Å². The van der Waals surface area contributed by atoms with E-state index in [4.69, 9.17) is 5.11 Å². The first kappa shape index (κ1) is 11.9. The van der Waals surface area contributed by atoms with Crippen LogP contribution in [0, 0.1) is 0 Å². The minimum Gasteiger partial charge on any atom is -0.480 e. The molecule has 2 N–H and O–H groups in total. The number of hydrogen-bond donors (Lipinski definition) is 2. The smallest absolute Gasteiger partial charge is 0.323 e. The molecule has 5 heteroatoms. The van der Waals surface area contributed by atoms with E-state index in [2.05, 4.69) is 5.32 Å². The highest BCUT2D eigenvalue weighted by Gasteiger charge is 2.12. The molecule has 18 heavy (non-hydrogen) atoms. The van der Waals surface area contributed by atoms with Crippen LogP contribution in [0.2, 0.25) is 0 Å². The van der Waals surface area contributed by atoms with Crippen LogP contribution in [-0.4, -0.2) is 21.6 Å². The lowest BCUT2D eigenvalue weighted by Crippen LogP contribution is -2.19. The molecule has 92 valence electrons. The first-order valence-corrected chi connectivity index (χ1v) is 5.40. The lowest BCUT2D eigenvalue weighted by atomic mass is 10.3. The van der Waals surface area contributed by atoms with Crippen molar-refractivity contribution in [2.75, 3.05) is 5.32 Å². The summed E-state index contributed by atoms with van der Waals surface area (Å²) >= 11 is 0. The number of nitrogens with zero attached hydrogens (tertiary/aromatic N) is 1. The highest BCUT2D eigenvalue weighted by Crippen LogP contribution is 2.09. The Kier molecular flexibility index (Phi) is 3.43. The number of carbonyl (C=O) groups is 2. The Balaban J connectivity index is 2.14. The average Bonchev–Trinajstić information content (AvgIpc) is 2.77. The Bertz CT molecular complexity index is 561. The van der Waals surface area contributed by atoms with E-state index in [0.717, 1.165) is 0 Å². The molecule has 0 bridgehead atoms. The van der Waals surface area contributed by atoms with Gasteiger partial charge in [0.05, 0.1) is 0 Å². The molecular formula is C13H12N2O3. The molecule has 0 aliphatic carbocycles. The molecule has 0 spiro atoms. The highest BCUT2D eigenvalue weighted by atomic mass is 16.4. The van der Waals surface area contributed by atoms with Crippen LogP contribution in [0.15, 0.2) is 48.7 Å². The maximum atomic E-state index is 12.0. The predicted octanol–water partition coefficient (Wildman–Crippen LogP) is 1.82. The largest absolute Gasteiger partial charge is 0.480 e. The van der Waals surface area contributed by atoms with Gasteiger partial charge in [0.25, 0.3) is 5.91 Å². The Labute approximate surface area is 104 Å². The van der Waals surface area contributed by atoms with Crippen LogP contribution in [0.3, 0.4) is 0 Å². The van der Waals surface area contributed by atoms with Crippen LogP contribution in [-0.2, 0) is 11.3 Å². The van der Waals surface area contributed by atoms with Gasteiger partial charge in [0, 0.05) is 11.9 Å². The predicted molar refractivity (Wildman–Crippen MR) is 66.5 cm³/mol. The molecule has 0 radical (unpaired) electrons. The summed E-state index contributed by atoms with van der Waals surface area (Å²) in [6.45, 7) is -0.232. The van der Waals surface area contributed by atoms with Gasteiger partial charge in [-0.3, -0.25) is 9.59 Å². The summed E-state index contributed by atoms with van der Waals surface area (Å²) in [5, 5.41) is 11.4. The normalized spacial score (nSPS) is 10.0. The van der Waals surface area contributed by atoms with Crippen molar-refractivity contribution in [2.45, 2.75) is 6.54 Å². The zero-order valence-electron chi connectivity index (χ0n) is 9.54. The van der Waals surface area contributed by atoms with Gasteiger partial charge in [0.2, 0.25) is 0 Å². The van der Waals surface area contributed by atoms with Gasteiger partial charge in [-0.1, -0.05) is 18.2 Å². The van der Waals surface area contributed by atoms with Crippen LogP contribution in [0.1, 0.15) is 10.5 Å². The Hall–Kier alpha value is -2.56. The van der Waals surface area contributed by atoms with Crippen molar-refractivity contribution in [2.24, 2.45) is 0 Å². The molecule has 0 atom stereocenters. The number of rotatable bonds is 4. The van der Waals surface area contributed by atoms with E-state index in [1.165, 1.54) is 4.57 Å². The maximum Gasteiger partial charge on any atom is 0.323 e. The van der Waals surface area contributed by atoms with Crippen LogP contribution in [0.4, 0.5) is 5.69 Å². The number of amides is 1. The number of benzene rings is 1. The fourth-order valence-electron chi connectivity index (χ4n) is 1.62. The summed E-state index contributed by atoms with van der Waals surface area (Å²) in [6.07, 6.45) is 1.56. The Morgan fingerprint density at radius 3 is 2.50 bits per heavy atom. The van der Waals surface area contributed by atoms with E-state index in [1.54, 1.807) is 30.5 Å². The van der Waals surface area contributed by atoms with Gasteiger partial charge in [0.15, 0.2) is 0 Å². The molecule has 0 fully saturated rings. The van der Waals surface area contributed by atoms with Gasteiger partial charge in [-0.25, -0.2) is 0 Å². The molecule has 0 unspecified atom stereocenters. The summed E-state index contributed by atoms with van der Waals surface area (Å²) in [7, 11) is 0. The van der Waals surface area contributed by atoms with Crippen molar-refractivity contribution in [3.05, 3.63) is 54.4 Å². The van der Waals surface area contributed by atoms with Crippen molar-refractivity contribution in [1.29, 1.82) is 0 Å². The summed E-state index contributed by atoms with van der Waals surface area (Å²) in [5.74, 6) is -1.31. The monoisotopic (exact) mass is 244 g/mol. The molecule has 0 saturated carbocycles. The average molecular weight is 244 g/mol. The van der Waals surface area contributed by atoms with Crippen LogP contribution < -0.4 is 5.32 Å². The number of carboxylic acids is 1. The molecule has 2 aromatic rings. The second-order valence-electron chi connectivity index (χ2n) is 3.74. The highest BCUT2D eigenvalue weighted by molar-refractivity contribution is 6.03. The number of carboxylic acid groups (broad SMARTS) is 1. The topological polar surface area (TPSA) is 71.3 Å². The first-order chi connectivity index (χ1) is 8.66. The lowest BCUT2D eigenvalue weighted by Gasteiger charge is -2.07. The second kappa shape index (κ2) is 5.18. The third-order valence-electron chi connectivity index (χ3n) is 2.40. The van der Waals surface area contributed by atoms with Gasteiger partial charge < -0.3 is 15.0 Å². The zero-order chi connectivity index (χ0) is 13.0. The first-order valence-electron chi connectivity index (χ1n) is 5.40. The number of aliphatic carboxylic acids is 1. The van der Waals surface area contributed by atoms with Gasteiger partial charge in [-0.05, 0) is 24.3 Å². The van der Waals surface area contributed by atoms with Gasteiger partial charge >= 0.3 is 5.97 Å². The molecule has 1 aromatic carbocycles. The molecule has 1 amide bonds. The molecule has 0 aliphatic heterocycles. The molecule has 0 aliphatic rings. The van der Waals surface area contributed by atoms with Crippen molar-refractivity contribution < 1.29 is 14.7 Å². The van der Waals surface area contributed by atoms with Crippen molar-refractivity contribution in [3.8, 4) is 0 Å². The molecule has 5 nitrogen and oxygen atoms in total. The van der Waals surface area contributed by atoms with Crippen molar-refractivity contribution in [1.82, 2.24) is 4.57 Å². The standard InChI is InChI=1S/C13H12N2O3/c16-12(17)9-15-8-4-7-11(15)13(18)14-10-5-2-1-3-6-10/h1-8H,9H2,(H,14,18)(H,16,17). The van der Waals surface area contributed by atoms with E-state index in [-0.39, 0.29) is 12.5 Å². The van der Waals surface area contributed by atoms with Crippen LogP contribution >= 0.6 is 0 Å². The summed E-state index contributed by atoms with van der Waals surface area (Å²) in [4.78, 5) is 22.6. The maximum absolute atomic E-state index is 12.0. The molecule has 1 heterocycles. The Morgan fingerprint density at radius 2 is 1.83 bits per heavy atom. The summed E-state index contributed by atoms with van der Waals surface area (Å²) in [6, 6.07) is 12.2. The fraction of sp³-hybridized carbons (Fsp3) is 0.0769.